The maximum absolute atomic E-state index is 13.5. The number of carbonyl (C=O) groups is 3. The van der Waals surface area contributed by atoms with Crippen molar-refractivity contribution in [2.75, 3.05) is 0 Å². The molecule has 1 unspecified atom stereocenters. The maximum atomic E-state index is 13.5. The topological polar surface area (TPSA) is 114 Å². The van der Waals surface area contributed by atoms with E-state index in [4.69, 9.17) is 10.2 Å². The zero-order valence-electron chi connectivity index (χ0n) is 19.9. The van der Waals surface area contributed by atoms with Crippen LogP contribution in [0.5, 0.6) is 0 Å². The van der Waals surface area contributed by atoms with E-state index in [2.05, 4.69) is 38.4 Å². The van der Waals surface area contributed by atoms with E-state index in [-0.39, 0.29) is 5.92 Å². The monoisotopic (exact) mass is 477 g/mol. The van der Waals surface area contributed by atoms with E-state index in [1.54, 1.807) is 0 Å². The minimum Gasteiger partial charge on any atom is -0.478 e. The number of fused-ring (bicyclic) bond motifs is 3. The number of carboxylic acids is 2. The summed E-state index contributed by atoms with van der Waals surface area (Å²) in [5, 5.41) is 16.8. The molecule has 0 saturated heterocycles. The predicted molar refractivity (Wildman–Crippen MR) is 131 cm³/mol. The number of hydrogen-bond donors (Lipinski definition) is 2. The quantitative estimate of drug-likeness (QED) is 0.506. The summed E-state index contributed by atoms with van der Waals surface area (Å²) in [5.74, 6) is -0.384. The van der Waals surface area contributed by atoms with Crippen molar-refractivity contribution in [1.82, 2.24) is 14.1 Å². The van der Waals surface area contributed by atoms with Crippen LogP contribution >= 0.6 is 0 Å². The summed E-state index contributed by atoms with van der Waals surface area (Å²) >= 11 is 0. The van der Waals surface area contributed by atoms with Crippen LogP contribution < -0.4 is 0 Å². The van der Waals surface area contributed by atoms with Crippen molar-refractivity contribution in [3.05, 3.63) is 65.9 Å². The highest BCUT2D eigenvalue weighted by Gasteiger charge is 2.33. The van der Waals surface area contributed by atoms with Crippen LogP contribution in [0.2, 0.25) is 0 Å². The number of Topliss-reactive ketones (excluding diaryl/α,β-unsaturated/α-hetero) is 1. The van der Waals surface area contributed by atoms with Crippen molar-refractivity contribution in [3.63, 3.8) is 0 Å². The van der Waals surface area contributed by atoms with Crippen LogP contribution in [0.1, 0.15) is 54.0 Å². The number of nitrogens with zero attached hydrogens (tertiary/aromatic N) is 3. The lowest BCUT2D eigenvalue weighted by molar-refractivity contribution is -0.134. The average molecular weight is 478 g/mol. The van der Waals surface area contributed by atoms with E-state index < -0.39 is 11.9 Å². The van der Waals surface area contributed by atoms with Crippen LogP contribution in [0, 0.1) is 18.8 Å². The number of hydrogen-bond acceptors (Lipinski definition) is 4. The summed E-state index contributed by atoms with van der Waals surface area (Å²) in [7, 11) is 0. The number of benzene rings is 1. The van der Waals surface area contributed by atoms with Gasteiger partial charge in [-0.05, 0) is 44.6 Å². The molecule has 8 nitrogen and oxygen atoms in total. The lowest BCUT2D eigenvalue weighted by atomic mass is 9.85. The zero-order valence-corrected chi connectivity index (χ0v) is 19.9. The molecule has 35 heavy (non-hydrogen) atoms. The summed E-state index contributed by atoms with van der Waals surface area (Å²) in [6, 6.07) is 8.52. The predicted octanol–water partition coefficient (Wildman–Crippen LogP) is 4.49. The van der Waals surface area contributed by atoms with E-state index in [0.717, 1.165) is 48.6 Å². The molecular formula is C27H31N3O5. The smallest absolute Gasteiger partial charge is 0.328 e. The first-order valence-corrected chi connectivity index (χ1v) is 12.1. The van der Waals surface area contributed by atoms with Gasteiger partial charge in [0.15, 0.2) is 5.78 Å². The normalized spacial score (nSPS) is 18.0. The van der Waals surface area contributed by atoms with Crippen LogP contribution in [-0.4, -0.2) is 42.1 Å². The fourth-order valence-corrected chi connectivity index (χ4v) is 5.35. The van der Waals surface area contributed by atoms with Crippen LogP contribution in [0.15, 0.2) is 48.8 Å². The van der Waals surface area contributed by atoms with E-state index >= 15 is 0 Å². The van der Waals surface area contributed by atoms with Gasteiger partial charge in [-0.1, -0.05) is 31.0 Å². The Bertz CT molecular complexity index is 1250. The summed E-state index contributed by atoms with van der Waals surface area (Å²) in [6.07, 6.45) is 12.2. The number of aromatic nitrogens is 3. The molecule has 0 bridgehead atoms. The van der Waals surface area contributed by atoms with E-state index in [1.807, 2.05) is 19.3 Å². The van der Waals surface area contributed by atoms with Crippen LogP contribution in [-0.2, 0) is 29.1 Å². The van der Waals surface area contributed by atoms with Crippen molar-refractivity contribution in [2.45, 2.75) is 58.5 Å². The number of aryl methyl sites for hydroxylation is 1. The molecule has 184 valence electrons. The Morgan fingerprint density at radius 1 is 1.06 bits per heavy atom. The van der Waals surface area contributed by atoms with Crippen molar-refractivity contribution in [1.29, 1.82) is 0 Å². The lowest BCUT2D eigenvalue weighted by Gasteiger charge is -2.24. The number of rotatable bonds is 6. The van der Waals surface area contributed by atoms with Crippen LogP contribution in [0.4, 0.5) is 0 Å². The Hall–Kier alpha value is -3.68. The van der Waals surface area contributed by atoms with E-state index in [9.17, 15) is 14.4 Å². The molecule has 2 aliphatic rings. The van der Waals surface area contributed by atoms with Crippen molar-refractivity contribution < 1.29 is 24.6 Å². The number of imidazole rings is 1. The fourth-order valence-electron chi connectivity index (χ4n) is 5.35. The van der Waals surface area contributed by atoms with Crippen LogP contribution in [0.25, 0.3) is 10.9 Å². The van der Waals surface area contributed by atoms with Crippen molar-refractivity contribution in [3.8, 4) is 0 Å². The van der Waals surface area contributed by atoms with E-state index in [1.165, 1.54) is 36.9 Å². The maximum Gasteiger partial charge on any atom is 0.328 e. The van der Waals surface area contributed by atoms with Gasteiger partial charge in [-0.2, -0.15) is 0 Å². The summed E-state index contributed by atoms with van der Waals surface area (Å²) < 4.78 is 4.60. The van der Waals surface area contributed by atoms with Crippen LogP contribution in [0.3, 0.4) is 0 Å². The molecule has 2 heterocycles. The molecule has 1 aromatic carbocycles. The number of ketones is 1. The minimum absolute atomic E-state index is 0.0520. The van der Waals surface area contributed by atoms with Gasteiger partial charge in [0.25, 0.3) is 0 Å². The SMILES string of the molecule is Cc1nccn1CC1CCc2c(c3ccccc3n2CC2CCCC2)C1=O.O=C(O)/C=C\C(=O)O. The van der Waals surface area contributed by atoms with Gasteiger partial charge in [0, 0.05) is 65.7 Å². The van der Waals surface area contributed by atoms with Gasteiger partial charge < -0.3 is 19.3 Å². The van der Waals surface area contributed by atoms with Gasteiger partial charge in [0.2, 0.25) is 0 Å². The molecule has 0 radical (unpaired) electrons. The van der Waals surface area contributed by atoms with Gasteiger partial charge in [-0.3, -0.25) is 4.79 Å². The number of carboxylic acid groups (broad SMARTS) is 2. The molecule has 1 saturated carbocycles. The lowest BCUT2D eigenvalue weighted by Crippen LogP contribution is -2.27. The molecule has 2 N–H and O–H groups in total. The molecule has 5 rings (SSSR count). The first kappa shape index (κ1) is 24.4. The second-order valence-corrected chi connectivity index (χ2v) is 9.34. The minimum atomic E-state index is -1.26. The third-order valence-electron chi connectivity index (χ3n) is 7.05. The van der Waals surface area contributed by atoms with Gasteiger partial charge >= 0.3 is 11.9 Å². The number of para-hydroxylation sites is 1. The molecule has 1 fully saturated rings. The van der Waals surface area contributed by atoms with Crippen molar-refractivity contribution in [2.24, 2.45) is 11.8 Å². The first-order chi connectivity index (χ1) is 16.8. The third kappa shape index (κ3) is 5.53. The van der Waals surface area contributed by atoms with Gasteiger partial charge in [0.05, 0.1) is 0 Å². The Morgan fingerprint density at radius 2 is 1.74 bits per heavy atom. The highest BCUT2D eigenvalue weighted by Crippen LogP contribution is 2.37. The Kier molecular flexibility index (Phi) is 7.48. The Balaban J connectivity index is 0.000000314. The second kappa shape index (κ2) is 10.7. The molecule has 0 spiro atoms. The number of carbonyl (C=O) groups excluding carboxylic acids is 1. The van der Waals surface area contributed by atoms with Crippen molar-refractivity contribution >= 4 is 28.6 Å². The Morgan fingerprint density at radius 3 is 2.37 bits per heavy atom. The molecule has 3 aromatic rings. The largest absolute Gasteiger partial charge is 0.478 e. The molecule has 8 heteroatoms. The average Bonchev–Trinajstić information content (AvgIpc) is 3.56. The second-order valence-electron chi connectivity index (χ2n) is 9.34. The standard InChI is InChI=1S/C23H27N3O.C4H4O4/c1-16-24-12-13-25(16)15-18-10-11-21-22(23(18)27)19-8-4-5-9-20(19)26(21)14-17-6-2-3-7-17;5-3(6)1-2-4(7)8/h4-5,8-9,12-13,17-18H,2-3,6-7,10-11,14-15H2,1H3;1-2H,(H,5,6)(H,7,8)/b;2-1-. The summed E-state index contributed by atoms with van der Waals surface area (Å²) in [6.45, 7) is 3.83. The first-order valence-electron chi connectivity index (χ1n) is 12.1. The number of aliphatic carboxylic acids is 2. The molecule has 0 aliphatic heterocycles. The molecular weight excluding hydrogens is 446 g/mol. The molecule has 0 amide bonds. The Labute approximate surface area is 203 Å². The van der Waals surface area contributed by atoms with Gasteiger partial charge in [-0.25, -0.2) is 14.6 Å². The zero-order chi connectivity index (χ0) is 24.9. The van der Waals surface area contributed by atoms with E-state index in [0.29, 0.717) is 17.9 Å². The fraction of sp³-hybridized carbons (Fsp3) is 0.407. The van der Waals surface area contributed by atoms with Gasteiger partial charge in [-0.15, -0.1) is 0 Å². The molecule has 2 aromatic heterocycles. The molecule has 1 atom stereocenters. The highest BCUT2D eigenvalue weighted by molar-refractivity contribution is 6.11. The highest BCUT2D eigenvalue weighted by atomic mass is 16.4. The summed E-state index contributed by atoms with van der Waals surface area (Å²) in [5.41, 5.74) is 3.53. The van der Waals surface area contributed by atoms with Gasteiger partial charge in [0.1, 0.15) is 5.82 Å². The third-order valence-corrected chi connectivity index (χ3v) is 7.05. The summed E-state index contributed by atoms with van der Waals surface area (Å²) in [4.78, 5) is 36.9. The molecule has 2 aliphatic carbocycles.